The fraction of sp³-hybridized carbons (Fsp3) is 0.200. The third-order valence-corrected chi connectivity index (χ3v) is 5.27. The average molecular weight is 446 g/mol. The van der Waals surface area contributed by atoms with Crippen LogP contribution in [-0.4, -0.2) is 43.8 Å². The lowest BCUT2D eigenvalue weighted by molar-refractivity contribution is -0.125. The molecule has 0 saturated heterocycles. The van der Waals surface area contributed by atoms with Crippen molar-refractivity contribution in [2.75, 3.05) is 25.1 Å². The Morgan fingerprint density at radius 3 is 2.06 bits per heavy atom. The van der Waals surface area contributed by atoms with Gasteiger partial charge in [0.05, 0.1) is 6.54 Å². The van der Waals surface area contributed by atoms with E-state index in [1.165, 1.54) is 0 Å². The Kier molecular flexibility index (Phi) is 5.72. The lowest BCUT2D eigenvalue weighted by atomic mass is 10.2. The van der Waals surface area contributed by atoms with Crippen molar-refractivity contribution in [3.63, 3.8) is 0 Å². The molecule has 0 radical (unpaired) electrons. The van der Waals surface area contributed by atoms with Crippen molar-refractivity contribution < 1.29 is 28.5 Å². The van der Waals surface area contributed by atoms with Crippen LogP contribution < -0.4 is 29.6 Å². The smallest absolute Gasteiger partial charge is 0.269 e. The van der Waals surface area contributed by atoms with E-state index in [-0.39, 0.29) is 24.5 Å². The van der Waals surface area contributed by atoms with Gasteiger partial charge in [0.1, 0.15) is 19.3 Å². The minimum atomic E-state index is -0.759. The zero-order valence-electron chi connectivity index (χ0n) is 17.7. The van der Waals surface area contributed by atoms with Crippen LogP contribution in [0.5, 0.6) is 23.0 Å². The van der Waals surface area contributed by atoms with Crippen LogP contribution in [-0.2, 0) is 4.79 Å². The van der Waals surface area contributed by atoms with E-state index in [4.69, 9.17) is 18.9 Å². The van der Waals surface area contributed by atoms with E-state index in [0.29, 0.717) is 47.4 Å². The molecule has 2 heterocycles. The Hall–Kier alpha value is -4.20. The molecule has 0 bridgehead atoms. The van der Waals surface area contributed by atoms with Crippen molar-refractivity contribution in [3.05, 3.63) is 78.4 Å². The Morgan fingerprint density at radius 2 is 1.36 bits per heavy atom. The minimum Gasteiger partial charge on any atom is -0.486 e. The second-order valence-corrected chi connectivity index (χ2v) is 7.64. The molecule has 3 aromatic carbocycles. The van der Waals surface area contributed by atoms with E-state index < -0.39 is 6.10 Å². The Labute approximate surface area is 190 Å². The molecule has 8 heteroatoms. The highest BCUT2D eigenvalue weighted by atomic mass is 16.6. The lowest BCUT2D eigenvalue weighted by Crippen LogP contribution is -2.40. The summed E-state index contributed by atoms with van der Waals surface area (Å²) >= 11 is 0. The van der Waals surface area contributed by atoms with Crippen molar-refractivity contribution in [2.45, 2.75) is 12.2 Å². The van der Waals surface area contributed by atoms with Crippen molar-refractivity contribution in [3.8, 4) is 23.0 Å². The van der Waals surface area contributed by atoms with Gasteiger partial charge in [-0.1, -0.05) is 24.3 Å². The molecule has 3 aromatic rings. The summed E-state index contributed by atoms with van der Waals surface area (Å²) in [5, 5.41) is 5.64. The van der Waals surface area contributed by atoms with Gasteiger partial charge in [0, 0.05) is 11.3 Å². The fourth-order valence-electron chi connectivity index (χ4n) is 3.55. The van der Waals surface area contributed by atoms with Crippen LogP contribution in [0.1, 0.15) is 10.4 Å². The zero-order valence-corrected chi connectivity index (χ0v) is 17.7. The van der Waals surface area contributed by atoms with Crippen molar-refractivity contribution >= 4 is 17.5 Å². The van der Waals surface area contributed by atoms with Gasteiger partial charge in [0.15, 0.2) is 23.0 Å². The van der Waals surface area contributed by atoms with Gasteiger partial charge in [-0.3, -0.25) is 9.59 Å². The van der Waals surface area contributed by atoms with Crippen LogP contribution in [0.4, 0.5) is 5.69 Å². The van der Waals surface area contributed by atoms with Crippen LogP contribution in [0.3, 0.4) is 0 Å². The number of rotatable bonds is 5. The highest BCUT2D eigenvalue weighted by molar-refractivity contribution is 5.97. The number of ether oxygens (including phenoxy) is 4. The molecule has 0 aromatic heterocycles. The number of hydrogen-bond acceptors (Lipinski definition) is 6. The van der Waals surface area contributed by atoms with Crippen molar-refractivity contribution in [1.82, 2.24) is 5.32 Å². The third-order valence-electron chi connectivity index (χ3n) is 5.27. The van der Waals surface area contributed by atoms with E-state index in [1.807, 2.05) is 36.4 Å². The number of fused-ring (bicyclic) bond motifs is 2. The van der Waals surface area contributed by atoms with E-state index >= 15 is 0 Å². The van der Waals surface area contributed by atoms with Gasteiger partial charge in [-0.05, 0) is 48.5 Å². The van der Waals surface area contributed by atoms with Crippen molar-refractivity contribution in [1.29, 1.82) is 0 Å². The number of amides is 2. The predicted octanol–water partition coefficient (Wildman–Crippen LogP) is 3.03. The summed E-state index contributed by atoms with van der Waals surface area (Å²) in [5.41, 5.74) is 1.02. The molecule has 168 valence electrons. The summed E-state index contributed by atoms with van der Waals surface area (Å²) in [4.78, 5) is 25.0. The maximum Gasteiger partial charge on any atom is 0.269 e. The number of hydrogen-bond donors (Lipinski definition) is 2. The number of nitrogens with one attached hydrogen (secondary N) is 2. The molecule has 2 aliphatic heterocycles. The Bertz CT molecular complexity index is 1160. The van der Waals surface area contributed by atoms with Crippen LogP contribution in [0.2, 0.25) is 0 Å². The summed E-state index contributed by atoms with van der Waals surface area (Å²) in [6.07, 6.45) is -1.03. The molecule has 8 nitrogen and oxygen atoms in total. The highest BCUT2D eigenvalue weighted by Crippen LogP contribution is 2.32. The number of carbonyl (C=O) groups excluding carboxylic acids is 2. The summed E-state index contributed by atoms with van der Waals surface area (Å²) in [5.74, 6) is 1.96. The first-order valence-corrected chi connectivity index (χ1v) is 10.6. The molecule has 2 aliphatic rings. The maximum absolute atomic E-state index is 12.5. The van der Waals surface area contributed by atoms with Crippen LogP contribution in [0.25, 0.3) is 0 Å². The van der Waals surface area contributed by atoms with Gasteiger partial charge in [0.25, 0.3) is 11.8 Å². The summed E-state index contributed by atoms with van der Waals surface area (Å²) in [6.45, 7) is 0.798. The first-order chi connectivity index (χ1) is 16.2. The normalized spacial score (nSPS) is 18.2. The number of benzene rings is 3. The maximum atomic E-state index is 12.5. The largest absolute Gasteiger partial charge is 0.486 e. The van der Waals surface area contributed by atoms with E-state index in [2.05, 4.69) is 10.6 Å². The average Bonchev–Trinajstić information content (AvgIpc) is 2.87. The van der Waals surface area contributed by atoms with Gasteiger partial charge in [0.2, 0.25) is 6.10 Å². The lowest BCUT2D eigenvalue weighted by Gasteiger charge is -2.26. The molecule has 5 rings (SSSR count). The van der Waals surface area contributed by atoms with Crippen LogP contribution in [0.15, 0.2) is 72.8 Å². The first kappa shape index (κ1) is 20.7. The van der Waals surface area contributed by atoms with E-state index in [1.54, 1.807) is 36.4 Å². The molecule has 0 unspecified atom stereocenters. The molecule has 0 aliphatic carbocycles. The molecule has 2 N–H and O–H groups in total. The number of carbonyl (C=O) groups is 2. The molecule has 33 heavy (non-hydrogen) atoms. The van der Waals surface area contributed by atoms with Crippen molar-refractivity contribution in [2.24, 2.45) is 0 Å². The zero-order chi connectivity index (χ0) is 22.6. The molecule has 0 fully saturated rings. The fourth-order valence-corrected chi connectivity index (χ4v) is 3.55. The van der Waals surface area contributed by atoms with Gasteiger partial charge in [-0.2, -0.15) is 0 Å². The van der Waals surface area contributed by atoms with Crippen LogP contribution >= 0.6 is 0 Å². The molecule has 2 amide bonds. The third kappa shape index (κ3) is 4.69. The van der Waals surface area contributed by atoms with E-state index in [9.17, 15) is 9.59 Å². The standard InChI is InChI=1S/C25H22N2O6/c28-24(26-13-18-14-30-19-5-1-3-7-21(19)32-18)16-9-11-17(12-10-16)27-25(29)23-15-31-20-6-2-4-8-22(20)33-23/h1-12,18,23H,13-15H2,(H,26,28)(H,27,29)/t18-,23+/m0/s1. The predicted molar refractivity (Wildman–Crippen MR) is 120 cm³/mol. The monoisotopic (exact) mass is 446 g/mol. The van der Waals surface area contributed by atoms with Gasteiger partial charge < -0.3 is 29.6 Å². The molecular formula is C25H22N2O6. The summed E-state index contributed by atoms with van der Waals surface area (Å²) < 4.78 is 22.8. The van der Waals surface area contributed by atoms with E-state index in [0.717, 1.165) is 0 Å². The Balaban J connectivity index is 1.12. The first-order valence-electron chi connectivity index (χ1n) is 10.6. The van der Waals surface area contributed by atoms with Gasteiger partial charge >= 0.3 is 0 Å². The second kappa shape index (κ2) is 9.12. The van der Waals surface area contributed by atoms with Crippen LogP contribution in [0, 0.1) is 0 Å². The number of para-hydroxylation sites is 4. The minimum absolute atomic E-state index is 0.126. The second-order valence-electron chi connectivity index (χ2n) is 7.64. The molecule has 0 saturated carbocycles. The van der Waals surface area contributed by atoms with Gasteiger partial charge in [-0.25, -0.2) is 0 Å². The molecule has 2 atom stereocenters. The SMILES string of the molecule is O=C(NC[C@H]1COc2ccccc2O1)c1ccc(NC(=O)[C@H]2COc3ccccc3O2)cc1. The highest BCUT2D eigenvalue weighted by Gasteiger charge is 2.27. The molecule has 0 spiro atoms. The molecular weight excluding hydrogens is 424 g/mol. The van der Waals surface area contributed by atoms with Gasteiger partial charge in [-0.15, -0.1) is 0 Å². The Morgan fingerprint density at radius 1 is 0.758 bits per heavy atom. The summed E-state index contributed by atoms with van der Waals surface area (Å²) in [6, 6.07) is 21.3. The topological polar surface area (TPSA) is 95.1 Å². The number of anilines is 1. The summed E-state index contributed by atoms with van der Waals surface area (Å²) in [7, 11) is 0. The quantitative estimate of drug-likeness (QED) is 0.626.